The number of carbonyl (C=O) groups excluding carboxylic acids is 1. The molecule has 1 amide bonds. The van der Waals surface area contributed by atoms with Gasteiger partial charge in [0.1, 0.15) is 19.2 Å². The third-order valence-corrected chi connectivity index (χ3v) is 3.72. The molecule has 2 unspecified atom stereocenters. The Morgan fingerprint density at radius 1 is 1.47 bits per heavy atom. The van der Waals surface area contributed by atoms with Crippen LogP contribution in [0.1, 0.15) is 12.8 Å². The van der Waals surface area contributed by atoms with Gasteiger partial charge in [0.05, 0.1) is 0 Å². The van der Waals surface area contributed by atoms with Crippen LogP contribution >= 0.6 is 0 Å². The molecule has 0 radical (unpaired) electrons. The maximum absolute atomic E-state index is 12.1. The van der Waals surface area contributed by atoms with Gasteiger partial charge in [-0.15, -0.1) is 0 Å². The first kappa shape index (κ1) is 10.7. The van der Waals surface area contributed by atoms with Gasteiger partial charge in [0.25, 0.3) is 0 Å². The van der Waals surface area contributed by atoms with E-state index in [1.54, 1.807) is 11.0 Å². The summed E-state index contributed by atoms with van der Waals surface area (Å²) in [5, 5.41) is 7.46. The van der Waals surface area contributed by atoms with Crippen molar-refractivity contribution in [2.75, 3.05) is 19.6 Å². The molecule has 2 saturated heterocycles. The molecule has 3 rings (SSSR count). The zero-order valence-electron chi connectivity index (χ0n) is 9.75. The Kier molecular flexibility index (Phi) is 2.80. The second-order valence-electron chi connectivity index (χ2n) is 4.85. The third kappa shape index (κ3) is 2.17. The average molecular weight is 235 g/mol. The lowest BCUT2D eigenvalue weighted by Crippen LogP contribution is -2.41. The molecule has 0 bridgehead atoms. The molecular formula is C11H17N5O. The number of piperidine rings is 1. The molecule has 2 fully saturated rings. The minimum absolute atomic E-state index is 0.145. The number of likely N-dealkylation sites (tertiary alicyclic amines) is 1. The number of hydrogen-bond acceptors (Lipinski definition) is 4. The molecule has 0 aliphatic carbocycles. The number of aromatic nitrogens is 3. The van der Waals surface area contributed by atoms with Gasteiger partial charge in [-0.25, -0.2) is 9.67 Å². The molecule has 0 aromatic carbocycles. The van der Waals surface area contributed by atoms with Crippen LogP contribution in [0.25, 0.3) is 0 Å². The van der Waals surface area contributed by atoms with E-state index < -0.39 is 0 Å². The predicted octanol–water partition coefficient (Wildman–Crippen LogP) is -0.511. The summed E-state index contributed by atoms with van der Waals surface area (Å²) in [4.78, 5) is 17.9. The first-order valence-electron chi connectivity index (χ1n) is 6.16. The molecule has 2 aliphatic heterocycles. The van der Waals surface area contributed by atoms with Gasteiger partial charge in [0.15, 0.2) is 0 Å². The van der Waals surface area contributed by atoms with Crippen LogP contribution in [0.15, 0.2) is 12.7 Å². The number of carbonyl (C=O) groups is 1. The molecule has 2 atom stereocenters. The second-order valence-corrected chi connectivity index (χ2v) is 4.85. The number of nitrogens with one attached hydrogen (secondary N) is 1. The summed E-state index contributed by atoms with van der Waals surface area (Å²) in [6, 6.07) is 0.503. The minimum Gasteiger partial charge on any atom is -0.339 e. The zero-order chi connectivity index (χ0) is 11.7. The zero-order valence-corrected chi connectivity index (χ0v) is 9.75. The lowest BCUT2D eigenvalue weighted by atomic mass is 9.94. The van der Waals surface area contributed by atoms with Crippen LogP contribution in [-0.2, 0) is 11.3 Å². The summed E-state index contributed by atoms with van der Waals surface area (Å²) in [6.07, 6.45) is 5.51. The summed E-state index contributed by atoms with van der Waals surface area (Å²) in [6.45, 7) is 3.13. The van der Waals surface area contributed by atoms with Crippen molar-refractivity contribution in [1.29, 1.82) is 0 Å². The quantitative estimate of drug-likeness (QED) is 0.750. The Balaban J connectivity index is 1.60. The van der Waals surface area contributed by atoms with Crippen molar-refractivity contribution >= 4 is 5.91 Å². The van der Waals surface area contributed by atoms with Crippen LogP contribution in [0.4, 0.5) is 0 Å². The number of nitrogens with zero attached hydrogens (tertiary/aromatic N) is 4. The molecule has 6 heteroatoms. The predicted molar refractivity (Wildman–Crippen MR) is 61.1 cm³/mol. The summed E-state index contributed by atoms with van der Waals surface area (Å²) >= 11 is 0. The highest BCUT2D eigenvalue weighted by Crippen LogP contribution is 2.24. The third-order valence-electron chi connectivity index (χ3n) is 3.72. The summed E-state index contributed by atoms with van der Waals surface area (Å²) < 4.78 is 1.58. The molecule has 92 valence electrons. The van der Waals surface area contributed by atoms with Gasteiger partial charge in [-0.1, -0.05) is 0 Å². The highest BCUT2D eigenvalue weighted by Gasteiger charge is 2.36. The van der Waals surface area contributed by atoms with Crippen molar-refractivity contribution in [3.05, 3.63) is 12.7 Å². The summed E-state index contributed by atoms with van der Waals surface area (Å²) in [7, 11) is 0. The molecule has 1 aromatic rings. The Labute approximate surface area is 100 Å². The van der Waals surface area contributed by atoms with E-state index in [1.807, 2.05) is 4.90 Å². The Morgan fingerprint density at radius 2 is 2.41 bits per heavy atom. The fraction of sp³-hybridized carbons (Fsp3) is 0.727. The topological polar surface area (TPSA) is 63.1 Å². The van der Waals surface area contributed by atoms with Crippen molar-refractivity contribution in [3.63, 3.8) is 0 Å². The summed E-state index contributed by atoms with van der Waals surface area (Å²) in [5.41, 5.74) is 0. The summed E-state index contributed by atoms with van der Waals surface area (Å²) in [5.74, 6) is 0.787. The van der Waals surface area contributed by atoms with E-state index in [9.17, 15) is 4.79 Å². The Morgan fingerprint density at radius 3 is 3.18 bits per heavy atom. The van der Waals surface area contributed by atoms with E-state index in [4.69, 9.17) is 0 Å². The Hall–Kier alpha value is -1.43. The number of fused-ring (bicyclic) bond motifs is 1. The second kappa shape index (κ2) is 4.44. The molecule has 0 spiro atoms. The van der Waals surface area contributed by atoms with E-state index in [-0.39, 0.29) is 5.91 Å². The van der Waals surface area contributed by atoms with Crippen molar-refractivity contribution in [2.24, 2.45) is 5.92 Å². The van der Waals surface area contributed by atoms with E-state index >= 15 is 0 Å². The van der Waals surface area contributed by atoms with Crippen LogP contribution in [0.3, 0.4) is 0 Å². The van der Waals surface area contributed by atoms with Crippen LogP contribution < -0.4 is 5.32 Å². The van der Waals surface area contributed by atoms with Gasteiger partial charge in [-0.3, -0.25) is 4.79 Å². The molecule has 17 heavy (non-hydrogen) atoms. The van der Waals surface area contributed by atoms with Crippen LogP contribution in [-0.4, -0.2) is 51.2 Å². The van der Waals surface area contributed by atoms with Gasteiger partial charge in [0.2, 0.25) is 5.91 Å². The van der Waals surface area contributed by atoms with Crippen LogP contribution in [0, 0.1) is 5.92 Å². The lowest BCUT2D eigenvalue weighted by Gasteiger charge is -2.24. The number of amides is 1. The van der Waals surface area contributed by atoms with Gasteiger partial charge >= 0.3 is 0 Å². The van der Waals surface area contributed by atoms with Crippen molar-refractivity contribution in [2.45, 2.75) is 25.4 Å². The SMILES string of the molecule is O=C(Cn1cncn1)N1CC2CCCNC2C1. The van der Waals surface area contributed by atoms with E-state index in [2.05, 4.69) is 15.4 Å². The number of rotatable bonds is 2. The first-order chi connectivity index (χ1) is 8.33. The van der Waals surface area contributed by atoms with Gasteiger partial charge in [-0.05, 0) is 25.3 Å². The van der Waals surface area contributed by atoms with Gasteiger partial charge in [0, 0.05) is 19.1 Å². The smallest absolute Gasteiger partial charge is 0.244 e. The van der Waals surface area contributed by atoms with E-state index in [0.29, 0.717) is 18.5 Å². The molecule has 0 saturated carbocycles. The fourth-order valence-electron chi connectivity index (χ4n) is 2.80. The Bertz CT molecular complexity index is 377. The molecule has 2 aliphatic rings. The monoisotopic (exact) mass is 235 g/mol. The lowest BCUT2D eigenvalue weighted by molar-refractivity contribution is -0.131. The standard InChI is InChI=1S/C11H17N5O/c17-11(6-16-8-12-7-14-16)15-4-9-2-1-3-13-10(9)5-15/h7-10,13H,1-6H2. The highest BCUT2D eigenvalue weighted by molar-refractivity contribution is 5.76. The highest BCUT2D eigenvalue weighted by atomic mass is 16.2. The maximum atomic E-state index is 12.1. The molecule has 1 aromatic heterocycles. The van der Waals surface area contributed by atoms with E-state index in [1.165, 1.54) is 19.2 Å². The van der Waals surface area contributed by atoms with E-state index in [0.717, 1.165) is 19.6 Å². The number of hydrogen-bond donors (Lipinski definition) is 1. The van der Waals surface area contributed by atoms with Crippen molar-refractivity contribution in [1.82, 2.24) is 25.0 Å². The van der Waals surface area contributed by atoms with Gasteiger partial charge in [-0.2, -0.15) is 5.10 Å². The first-order valence-corrected chi connectivity index (χ1v) is 6.16. The molecular weight excluding hydrogens is 218 g/mol. The van der Waals surface area contributed by atoms with Gasteiger partial charge < -0.3 is 10.2 Å². The fourth-order valence-corrected chi connectivity index (χ4v) is 2.80. The van der Waals surface area contributed by atoms with Crippen molar-refractivity contribution < 1.29 is 4.79 Å². The normalized spacial score (nSPS) is 28.1. The van der Waals surface area contributed by atoms with Crippen LogP contribution in [0.2, 0.25) is 0 Å². The molecule has 1 N–H and O–H groups in total. The van der Waals surface area contributed by atoms with Crippen molar-refractivity contribution in [3.8, 4) is 0 Å². The largest absolute Gasteiger partial charge is 0.339 e. The maximum Gasteiger partial charge on any atom is 0.244 e. The average Bonchev–Trinajstić information content (AvgIpc) is 2.96. The van der Waals surface area contributed by atoms with Crippen LogP contribution in [0.5, 0.6) is 0 Å². The molecule has 6 nitrogen and oxygen atoms in total. The minimum atomic E-state index is 0.145. The molecule has 3 heterocycles.